The minimum Gasteiger partial charge on any atom is -0.460 e. The molecule has 176 valence electrons. The van der Waals surface area contributed by atoms with E-state index in [1.54, 1.807) is 25.3 Å². The van der Waals surface area contributed by atoms with Crippen molar-refractivity contribution in [1.29, 1.82) is 5.41 Å². The number of piperidine rings is 1. The second kappa shape index (κ2) is 10.1. The summed E-state index contributed by atoms with van der Waals surface area (Å²) in [7, 11) is 1.71. The van der Waals surface area contributed by atoms with Gasteiger partial charge < -0.3 is 25.0 Å². The number of anilines is 2. The summed E-state index contributed by atoms with van der Waals surface area (Å²) in [5.74, 6) is -0.447. The number of esters is 1. The van der Waals surface area contributed by atoms with Gasteiger partial charge >= 0.3 is 5.97 Å². The number of amidine groups is 1. The zero-order chi connectivity index (χ0) is 23.4. The largest absolute Gasteiger partial charge is 0.460 e. The Hall–Kier alpha value is -3.27. The molecule has 2 fully saturated rings. The molecule has 1 aromatic heterocycles. The summed E-state index contributed by atoms with van der Waals surface area (Å²) in [5.41, 5.74) is 7.14. The van der Waals surface area contributed by atoms with Gasteiger partial charge in [0.15, 0.2) is 0 Å². The minimum absolute atomic E-state index is 0.0846. The topological polar surface area (TPSA) is 118 Å². The Morgan fingerprint density at radius 3 is 2.55 bits per heavy atom. The van der Waals surface area contributed by atoms with E-state index < -0.39 is 5.97 Å². The van der Waals surface area contributed by atoms with Gasteiger partial charge in [-0.1, -0.05) is 18.2 Å². The van der Waals surface area contributed by atoms with Crippen molar-refractivity contribution in [3.05, 3.63) is 47.5 Å². The van der Waals surface area contributed by atoms with Gasteiger partial charge in [-0.15, -0.1) is 0 Å². The number of aromatic nitrogens is 2. The third-order valence-electron chi connectivity index (χ3n) is 6.22. The maximum atomic E-state index is 15.1. The first-order chi connectivity index (χ1) is 15.9. The molecular formula is C23H29FN6O3. The summed E-state index contributed by atoms with van der Waals surface area (Å²) in [6, 6.07) is 5.20. The SMILES string of the molecule is COC1CN(c2ncc(N3CCC(c4cccc(COC(=O)CC(=N)N)c4F)CC3)cn2)C1. The number of nitrogens with one attached hydrogen (secondary N) is 1. The molecule has 0 unspecified atom stereocenters. The minimum atomic E-state index is -0.638. The summed E-state index contributed by atoms with van der Waals surface area (Å²) in [6.45, 7) is 3.00. The molecule has 33 heavy (non-hydrogen) atoms. The van der Waals surface area contributed by atoms with Crippen molar-refractivity contribution in [1.82, 2.24) is 9.97 Å². The molecule has 1 aromatic carbocycles. The van der Waals surface area contributed by atoms with Crippen molar-refractivity contribution < 1.29 is 18.7 Å². The first kappa shape index (κ1) is 22.9. The van der Waals surface area contributed by atoms with Crippen LogP contribution in [0.5, 0.6) is 0 Å². The van der Waals surface area contributed by atoms with Crippen LogP contribution in [-0.2, 0) is 20.9 Å². The molecule has 0 amide bonds. The fourth-order valence-corrected chi connectivity index (χ4v) is 4.23. The van der Waals surface area contributed by atoms with Crippen molar-refractivity contribution in [3.8, 4) is 0 Å². The molecule has 0 radical (unpaired) electrons. The molecule has 10 heteroatoms. The second-order valence-corrected chi connectivity index (χ2v) is 8.45. The van der Waals surface area contributed by atoms with Crippen LogP contribution >= 0.6 is 0 Å². The van der Waals surface area contributed by atoms with Gasteiger partial charge in [0, 0.05) is 38.9 Å². The normalized spacial score (nSPS) is 17.0. The van der Waals surface area contributed by atoms with Crippen molar-refractivity contribution in [2.75, 3.05) is 43.1 Å². The molecule has 2 aliphatic heterocycles. The Morgan fingerprint density at radius 1 is 1.21 bits per heavy atom. The van der Waals surface area contributed by atoms with E-state index in [1.165, 1.54) is 0 Å². The standard InChI is InChI=1S/C23H29FN6O3/c1-32-18-12-30(13-18)23-27-10-17(11-28-23)29-7-5-15(6-8-29)19-4-2-3-16(22(19)24)14-33-21(31)9-20(25)26/h2-4,10-11,15,18H,5-9,12-14H2,1H3,(H3,25,26). The number of nitrogens with zero attached hydrogens (tertiary/aromatic N) is 4. The number of methoxy groups -OCH3 is 1. The lowest BCUT2D eigenvalue weighted by atomic mass is 9.88. The number of halogens is 1. The highest BCUT2D eigenvalue weighted by molar-refractivity contribution is 5.94. The van der Waals surface area contributed by atoms with Crippen LogP contribution in [0.15, 0.2) is 30.6 Å². The zero-order valence-corrected chi connectivity index (χ0v) is 18.7. The van der Waals surface area contributed by atoms with Crippen LogP contribution in [-0.4, -0.2) is 61.2 Å². The van der Waals surface area contributed by atoms with Crippen molar-refractivity contribution >= 4 is 23.4 Å². The predicted octanol–water partition coefficient (Wildman–Crippen LogP) is 2.20. The van der Waals surface area contributed by atoms with E-state index in [0.29, 0.717) is 17.1 Å². The number of benzene rings is 1. The molecule has 4 rings (SSSR count). The van der Waals surface area contributed by atoms with Gasteiger partial charge in [-0.05, 0) is 24.3 Å². The van der Waals surface area contributed by atoms with Crippen LogP contribution in [0.4, 0.5) is 16.0 Å². The Labute approximate surface area is 192 Å². The van der Waals surface area contributed by atoms with Crippen LogP contribution in [0.1, 0.15) is 36.3 Å². The maximum Gasteiger partial charge on any atom is 0.313 e. The Kier molecular flexibility index (Phi) is 7.02. The highest BCUT2D eigenvalue weighted by atomic mass is 19.1. The zero-order valence-electron chi connectivity index (χ0n) is 18.7. The quantitative estimate of drug-likeness (QED) is 0.353. The van der Waals surface area contributed by atoms with Crippen LogP contribution in [0, 0.1) is 11.2 Å². The van der Waals surface area contributed by atoms with E-state index in [-0.39, 0.29) is 36.7 Å². The summed E-state index contributed by atoms with van der Waals surface area (Å²) in [4.78, 5) is 24.9. The fourth-order valence-electron chi connectivity index (χ4n) is 4.23. The molecule has 2 aliphatic rings. The average Bonchev–Trinajstić information content (AvgIpc) is 2.78. The summed E-state index contributed by atoms with van der Waals surface area (Å²) < 4.78 is 25.4. The molecule has 0 spiro atoms. The highest BCUT2D eigenvalue weighted by Gasteiger charge is 2.29. The van der Waals surface area contributed by atoms with Gasteiger partial charge in [0.05, 0.1) is 24.2 Å². The Morgan fingerprint density at radius 2 is 1.91 bits per heavy atom. The first-order valence-corrected chi connectivity index (χ1v) is 11.0. The van der Waals surface area contributed by atoms with Crippen LogP contribution in [0.3, 0.4) is 0 Å². The smallest absolute Gasteiger partial charge is 0.313 e. The summed E-state index contributed by atoms with van der Waals surface area (Å²) in [6.07, 6.45) is 5.25. The van der Waals surface area contributed by atoms with E-state index in [1.807, 2.05) is 12.4 Å². The number of carbonyl (C=O) groups excluding carboxylic acids is 1. The number of nitrogens with two attached hydrogens (primary N) is 1. The van der Waals surface area contributed by atoms with Crippen LogP contribution in [0.25, 0.3) is 0 Å². The number of hydrogen-bond donors (Lipinski definition) is 2. The second-order valence-electron chi connectivity index (χ2n) is 8.45. The monoisotopic (exact) mass is 456 g/mol. The van der Waals surface area contributed by atoms with E-state index in [4.69, 9.17) is 20.6 Å². The molecule has 0 atom stereocenters. The van der Waals surface area contributed by atoms with Gasteiger partial charge in [-0.25, -0.2) is 14.4 Å². The summed E-state index contributed by atoms with van der Waals surface area (Å²) in [5, 5.41) is 7.14. The molecule has 0 saturated carbocycles. The lowest BCUT2D eigenvalue weighted by Gasteiger charge is -2.38. The molecule has 0 aliphatic carbocycles. The number of rotatable bonds is 8. The van der Waals surface area contributed by atoms with Gasteiger partial charge in [0.1, 0.15) is 24.7 Å². The maximum absolute atomic E-state index is 15.1. The molecule has 0 bridgehead atoms. The Balaban J connectivity index is 1.32. The number of ether oxygens (including phenoxy) is 2. The third-order valence-corrected chi connectivity index (χ3v) is 6.22. The molecule has 3 heterocycles. The fraction of sp³-hybridized carbons (Fsp3) is 0.478. The molecule has 3 N–H and O–H groups in total. The van der Waals surface area contributed by atoms with Crippen molar-refractivity contribution in [3.63, 3.8) is 0 Å². The van der Waals surface area contributed by atoms with E-state index in [9.17, 15) is 4.79 Å². The van der Waals surface area contributed by atoms with Gasteiger partial charge in [-0.3, -0.25) is 10.2 Å². The predicted molar refractivity (Wildman–Crippen MR) is 122 cm³/mol. The van der Waals surface area contributed by atoms with Gasteiger partial charge in [-0.2, -0.15) is 0 Å². The molecule has 2 aromatic rings. The number of hydrogen-bond acceptors (Lipinski definition) is 8. The van der Waals surface area contributed by atoms with Crippen molar-refractivity contribution in [2.45, 2.75) is 37.9 Å². The lowest BCUT2D eigenvalue weighted by molar-refractivity contribution is -0.143. The molecule has 9 nitrogen and oxygen atoms in total. The van der Waals surface area contributed by atoms with Gasteiger partial charge in [0.2, 0.25) is 5.95 Å². The van der Waals surface area contributed by atoms with E-state index in [0.717, 1.165) is 44.7 Å². The van der Waals surface area contributed by atoms with Gasteiger partial charge in [0.25, 0.3) is 0 Å². The Bertz CT molecular complexity index is 988. The third kappa shape index (κ3) is 5.39. The molecular weight excluding hydrogens is 427 g/mol. The average molecular weight is 457 g/mol. The van der Waals surface area contributed by atoms with E-state index in [2.05, 4.69) is 19.8 Å². The van der Waals surface area contributed by atoms with Crippen molar-refractivity contribution in [2.24, 2.45) is 5.73 Å². The van der Waals surface area contributed by atoms with Crippen LogP contribution < -0.4 is 15.5 Å². The highest BCUT2D eigenvalue weighted by Crippen LogP contribution is 2.33. The number of carbonyl (C=O) groups is 1. The summed E-state index contributed by atoms with van der Waals surface area (Å²) >= 11 is 0. The first-order valence-electron chi connectivity index (χ1n) is 11.0. The lowest BCUT2D eigenvalue weighted by Crippen LogP contribution is -2.52. The van der Waals surface area contributed by atoms with E-state index >= 15 is 4.39 Å². The van der Waals surface area contributed by atoms with Crippen LogP contribution in [0.2, 0.25) is 0 Å². The molecule has 2 saturated heterocycles.